The first-order chi connectivity index (χ1) is 14.3. The van der Waals surface area contributed by atoms with Crippen molar-refractivity contribution in [2.75, 3.05) is 0 Å². The van der Waals surface area contributed by atoms with Crippen molar-refractivity contribution in [3.8, 4) is 11.1 Å². The van der Waals surface area contributed by atoms with E-state index >= 15 is 0 Å². The Morgan fingerprint density at radius 3 is 1.90 bits per heavy atom. The Bertz CT molecular complexity index is 1050. The summed E-state index contributed by atoms with van der Waals surface area (Å²) in [6, 6.07) is 11.8. The molecule has 0 radical (unpaired) electrons. The van der Waals surface area contributed by atoms with Crippen LogP contribution >= 0.6 is 0 Å². The summed E-state index contributed by atoms with van der Waals surface area (Å²) in [6.45, 7) is 2.09. The van der Waals surface area contributed by atoms with E-state index in [0.717, 1.165) is 24.5 Å². The van der Waals surface area contributed by atoms with Gasteiger partial charge in [0.05, 0.1) is 5.56 Å². The molecule has 156 valence electrons. The lowest BCUT2D eigenvalue weighted by Crippen LogP contribution is -2.06. The van der Waals surface area contributed by atoms with Gasteiger partial charge < -0.3 is 5.11 Å². The highest BCUT2D eigenvalue weighted by atomic mass is 19.2. The second kappa shape index (κ2) is 9.11. The number of aryl methyl sites for hydroxylation is 3. The molecule has 0 heterocycles. The molecule has 0 saturated carbocycles. The molecule has 3 aromatic carbocycles. The minimum Gasteiger partial charge on any atom is -0.478 e. The van der Waals surface area contributed by atoms with E-state index < -0.39 is 34.8 Å². The summed E-state index contributed by atoms with van der Waals surface area (Å²) in [5.74, 6) is -7.22. The zero-order chi connectivity index (χ0) is 21.8. The molecule has 2 nitrogen and oxygen atoms in total. The maximum absolute atomic E-state index is 15.0. The van der Waals surface area contributed by atoms with Crippen LogP contribution in [0, 0.1) is 23.3 Å². The fraction of sp³-hybridized carbons (Fsp3) is 0.208. The van der Waals surface area contributed by atoms with Crippen LogP contribution < -0.4 is 0 Å². The predicted molar refractivity (Wildman–Crippen MR) is 107 cm³/mol. The first-order valence-corrected chi connectivity index (χ1v) is 9.59. The Balaban J connectivity index is 2.00. The Hall–Kier alpha value is -3.15. The van der Waals surface area contributed by atoms with E-state index in [1.54, 1.807) is 0 Å². The summed E-state index contributed by atoms with van der Waals surface area (Å²) >= 11 is 0. The van der Waals surface area contributed by atoms with Gasteiger partial charge in [0.25, 0.3) is 0 Å². The van der Waals surface area contributed by atoms with Crippen molar-refractivity contribution >= 4 is 5.97 Å². The van der Waals surface area contributed by atoms with Crippen molar-refractivity contribution in [2.45, 2.75) is 32.6 Å². The number of carbonyl (C=O) groups is 1. The van der Waals surface area contributed by atoms with Gasteiger partial charge in [-0.05, 0) is 59.7 Å². The normalized spacial score (nSPS) is 11.0. The van der Waals surface area contributed by atoms with Crippen LogP contribution in [0.4, 0.5) is 17.6 Å². The summed E-state index contributed by atoms with van der Waals surface area (Å²) in [7, 11) is 0. The number of carboxylic acid groups (broad SMARTS) is 1. The molecule has 0 aromatic heterocycles. The van der Waals surface area contributed by atoms with Crippen molar-refractivity contribution < 1.29 is 27.5 Å². The van der Waals surface area contributed by atoms with Gasteiger partial charge in [-0.1, -0.05) is 43.7 Å². The van der Waals surface area contributed by atoms with Gasteiger partial charge in [0.15, 0.2) is 17.5 Å². The maximum Gasteiger partial charge on any atom is 0.338 e. The molecule has 0 aliphatic carbocycles. The molecule has 0 fully saturated rings. The molecule has 0 unspecified atom stereocenters. The quantitative estimate of drug-likeness (QED) is 0.360. The zero-order valence-corrected chi connectivity index (χ0v) is 16.3. The minimum absolute atomic E-state index is 0.240. The molecule has 1 N–H and O–H groups in total. The second-order valence-corrected chi connectivity index (χ2v) is 7.09. The van der Waals surface area contributed by atoms with E-state index in [9.17, 15) is 27.5 Å². The van der Waals surface area contributed by atoms with Gasteiger partial charge in [0.1, 0.15) is 5.82 Å². The van der Waals surface area contributed by atoms with Gasteiger partial charge in [-0.2, -0.15) is 0 Å². The summed E-state index contributed by atoms with van der Waals surface area (Å²) < 4.78 is 55.8. The first kappa shape index (κ1) is 21.6. The minimum atomic E-state index is -1.66. The smallest absolute Gasteiger partial charge is 0.338 e. The van der Waals surface area contributed by atoms with E-state index in [4.69, 9.17) is 0 Å². The third-order valence-electron chi connectivity index (χ3n) is 4.98. The Kier molecular flexibility index (Phi) is 6.55. The number of rotatable bonds is 7. The van der Waals surface area contributed by atoms with Crippen LogP contribution in [0.25, 0.3) is 11.1 Å². The van der Waals surface area contributed by atoms with Crippen LogP contribution in [0.15, 0.2) is 48.5 Å². The van der Waals surface area contributed by atoms with E-state index in [0.29, 0.717) is 30.5 Å². The standard InChI is InChI=1S/C24H20F4O2/c1-2-3-14-4-6-15(7-5-14)8-9-16-10-11-18(24(29)30)22(27)21(16)17-12-19(25)23(28)20(26)13-17/h4-7,10-13H,2-3,8-9H2,1H3,(H,29,30). The Morgan fingerprint density at radius 1 is 0.800 bits per heavy atom. The largest absolute Gasteiger partial charge is 0.478 e. The molecule has 0 aliphatic rings. The second-order valence-electron chi connectivity index (χ2n) is 7.09. The third kappa shape index (κ3) is 4.53. The molecule has 3 rings (SSSR count). The van der Waals surface area contributed by atoms with E-state index in [1.807, 2.05) is 24.3 Å². The SMILES string of the molecule is CCCc1ccc(CCc2ccc(C(=O)O)c(F)c2-c2cc(F)c(F)c(F)c2)cc1. The van der Waals surface area contributed by atoms with Gasteiger partial charge in [-0.15, -0.1) is 0 Å². The zero-order valence-electron chi connectivity index (χ0n) is 16.3. The van der Waals surface area contributed by atoms with Crippen molar-refractivity contribution in [1.82, 2.24) is 0 Å². The molecular formula is C24H20F4O2. The number of carboxylic acids is 1. The van der Waals surface area contributed by atoms with E-state index in [-0.39, 0.29) is 11.1 Å². The number of hydrogen-bond acceptors (Lipinski definition) is 1. The summed E-state index contributed by atoms with van der Waals surface area (Å²) in [4.78, 5) is 11.3. The van der Waals surface area contributed by atoms with Crippen molar-refractivity contribution in [3.05, 3.63) is 94.1 Å². The highest BCUT2D eigenvalue weighted by Gasteiger charge is 2.21. The van der Waals surface area contributed by atoms with Crippen LogP contribution in [-0.4, -0.2) is 11.1 Å². The van der Waals surface area contributed by atoms with Gasteiger partial charge in [0.2, 0.25) is 0 Å². The summed E-state index contributed by atoms with van der Waals surface area (Å²) in [5.41, 5.74) is 1.45. The lowest BCUT2D eigenvalue weighted by molar-refractivity contribution is 0.0692. The molecule has 30 heavy (non-hydrogen) atoms. The van der Waals surface area contributed by atoms with Gasteiger partial charge >= 0.3 is 5.97 Å². The van der Waals surface area contributed by atoms with Crippen molar-refractivity contribution in [2.24, 2.45) is 0 Å². The monoisotopic (exact) mass is 416 g/mol. The van der Waals surface area contributed by atoms with E-state index in [1.165, 1.54) is 11.6 Å². The molecule has 0 atom stereocenters. The maximum atomic E-state index is 15.0. The van der Waals surface area contributed by atoms with Crippen molar-refractivity contribution in [3.63, 3.8) is 0 Å². The third-order valence-corrected chi connectivity index (χ3v) is 4.98. The number of benzene rings is 3. The van der Waals surface area contributed by atoms with Gasteiger partial charge in [-0.3, -0.25) is 0 Å². The van der Waals surface area contributed by atoms with Crippen molar-refractivity contribution in [1.29, 1.82) is 0 Å². The average molecular weight is 416 g/mol. The highest BCUT2D eigenvalue weighted by molar-refractivity contribution is 5.90. The highest BCUT2D eigenvalue weighted by Crippen LogP contribution is 2.32. The van der Waals surface area contributed by atoms with Crippen LogP contribution in [0.2, 0.25) is 0 Å². The van der Waals surface area contributed by atoms with Crippen LogP contribution in [-0.2, 0) is 19.3 Å². The molecular weight excluding hydrogens is 396 g/mol. The van der Waals surface area contributed by atoms with Crippen LogP contribution in [0.3, 0.4) is 0 Å². The van der Waals surface area contributed by atoms with E-state index in [2.05, 4.69) is 6.92 Å². The fourth-order valence-corrected chi connectivity index (χ4v) is 3.44. The molecule has 0 saturated heterocycles. The molecule has 0 bridgehead atoms. The van der Waals surface area contributed by atoms with Crippen LogP contribution in [0.5, 0.6) is 0 Å². The molecule has 6 heteroatoms. The average Bonchev–Trinajstić information content (AvgIpc) is 2.71. The van der Waals surface area contributed by atoms with Gasteiger partial charge in [-0.25, -0.2) is 22.4 Å². The molecule has 0 aliphatic heterocycles. The first-order valence-electron chi connectivity index (χ1n) is 9.59. The predicted octanol–water partition coefficient (Wildman–Crippen LogP) is 6.35. The van der Waals surface area contributed by atoms with Crippen LogP contribution in [0.1, 0.15) is 40.4 Å². The lowest BCUT2D eigenvalue weighted by Gasteiger charge is -2.14. The van der Waals surface area contributed by atoms with Gasteiger partial charge in [0, 0.05) is 5.56 Å². The lowest BCUT2D eigenvalue weighted by atomic mass is 9.92. The number of aromatic carboxylic acids is 1. The Labute approximate surface area is 171 Å². The fourth-order valence-electron chi connectivity index (χ4n) is 3.44. The molecule has 3 aromatic rings. The Morgan fingerprint density at radius 2 is 1.37 bits per heavy atom. The number of halogens is 4. The summed E-state index contributed by atoms with van der Waals surface area (Å²) in [5, 5.41) is 9.21. The summed E-state index contributed by atoms with van der Waals surface area (Å²) in [6.07, 6.45) is 2.81. The topological polar surface area (TPSA) is 37.3 Å². The number of hydrogen-bond donors (Lipinski definition) is 1. The molecule has 0 amide bonds. The molecule has 0 spiro atoms.